The highest BCUT2D eigenvalue weighted by Crippen LogP contribution is 2.32. The van der Waals surface area contributed by atoms with Crippen molar-refractivity contribution in [3.63, 3.8) is 0 Å². The van der Waals surface area contributed by atoms with E-state index >= 15 is 0 Å². The Bertz CT molecular complexity index is 1090. The van der Waals surface area contributed by atoms with E-state index in [4.69, 9.17) is 16.6 Å². The predicted molar refractivity (Wildman–Crippen MR) is 121 cm³/mol. The molecule has 2 N–H and O–H groups in total. The molecule has 2 aromatic heterocycles. The van der Waals surface area contributed by atoms with Crippen LogP contribution in [0, 0.1) is 5.82 Å². The molecule has 0 aliphatic rings. The first-order chi connectivity index (χ1) is 14.5. The van der Waals surface area contributed by atoms with Gasteiger partial charge in [0.2, 0.25) is 5.95 Å². The zero-order valence-corrected chi connectivity index (χ0v) is 17.8. The predicted octanol–water partition coefficient (Wildman–Crippen LogP) is 6.45. The Labute approximate surface area is 180 Å². The molecule has 0 atom stereocenters. The van der Waals surface area contributed by atoms with Gasteiger partial charge in [0.1, 0.15) is 11.6 Å². The molecule has 0 aliphatic carbocycles. The molecule has 0 aliphatic heterocycles. The van der Waals surface area contributed by atoms with Crippen molar-refractivity contribution in [3.05, 3.63) is 71.6 Å². The van der Waals surface area contributed by atoms with Crippen LogP contribution in [-0.4, -0.2) is 27.0 Å². The minimum atomic E-state index is -0.298. The molecule has 0 spiro atoms. The molecule has 154 valence electrons. The van der Waals surface area contributed by atoms with Crippen molar-refractivity contribution >= 4 is 17.5 Å². The Morgan fingerprint density at radius 1 is 0.933 bits per heavy atom. The van der Waals surface area contributed by atoms with E-state index in [9.17, 15) is 4.39 Å². The van der Waals surface area contributed by atoms with Crippen molar-refractivity contribution in [1.29, 1.82) is 0 Å². The molecule has 4 aromatic rings. The molecule has 0 amide bonds. The Morgan fingerprint density at radius 2 is 1.57 bits per heavy atom. The van der Waals surface area contributed by atoms with Gasteiger partial charge in [-0.25, -0.2) is 19.3 Å². The van der Waals surface area contributed by atoms with Crippen LogP contribution in [0.5, 0.6) is 0 Å². The topological polar surface area (TPSA) is 66.5 Å². The van der Waals surface area contributed by atoms with Gasteiger partial charge in [0.05, 0.1) is 17.1 Å². The molecule has 30 heavy (non-hydrogen) atoms. The van der Waals surface area contributed by atoms with Crippen molar-refractivity contribution in [3.8, 4) is 34.0 Å². The van der Waals surface area contributed by atoms with Crippen LogP contribution in [0.4, 0.5) is 10.3 Å². The first-order valence-corrected chi connectivity index (χ1v) is 10.1. The number of H-pyrrole nitrogens is 1. The maximum Gasteiger partial charge on any atom is 0.222 e. The Kier molecular flexibility index (Phi) is 7.14. The number of aromatic nitrogens is 4. The van der Waals surface area contributed by atoms with Gasteiger partial charge in [-0.15, -0.1) is 0 Å². The van der Waals surface area contributed by atoms with Crippen molar-refractivity contribution in [2.75, 3.05) is 12.4 Å². The van der Waals surface area contributed by atoms with Crippen LogP contribution in [0.1, 0.15) is 20.3 Å². The number of imidazole rings is 1. The maximum absolute atomic E-state index is 13.4. The monoisotopic (exact) mass is 423 g/mol. The number of nitrogens with zero attached hydrogens (tertiary/aromatic N) is 3. The third-order valence-electron chi connectivity index (χ3n) is 4.07. The zero-order chi connectivity index (χ0) is 21.5. The quantitative estimate of drug-likeness (QED) is 0.395. The van der Waals surface area contributed by atoms with Gasteiger partial charge in [-0.3, -0.25) is 0 Å². The van der Waals surface area contributed by atoms with Gasteiger partial charge in [0, 0.05) is 29.4 Å². The lowest BCUT2D eigenvalue weighted by molar-refractivity contribution is 0.628. The van der Waals surface area contributed by atoms with E-state index < -0.39 is 0 Å². The third kappa shape index (κ3) is 5.02. The number of rotatable bonds is 4. The SMILES string of the molecule is CCC.CNc1nccc(-c2[nH]c(-c3ccc(Cl)cc3)nc2-c2ccc(F)cc2)n1. The van der Waals surface area contributed by atoms with Gasteiger partial charge in [-0.1, -0.05) is 31.9 Å². The molecule has 5 nitrogen and oxygen atoms in total. The minimum absolute atomic E-state index is 0.298. The van der Waals surface area contributed by atoms with E-state index in [-0.39, 0.29) is 5.82 Å². The lowest BCUT2D eigenvalue weighted by Crippen LogP contribution is -1.97. The molecule has 4 rings (SSSR count). The molecule has 0 radical (unpaired) electrons. The summed E-state index contributed by atoms with van der Waals surface area (Å²) in [5.41, 5.74) is 3.76. The lowest BCUT2D eigenvalue weighted by Gasteiger charge is -2.04. The number of nitrogens with one attached hydrogen (secondary N) is 2. The van der Waals surface area contributed by atoms with Crippen LogP contribution in [0.15, 0.2) is 60.8 Å². The first-order valence-electron chi connectivity index (χ1n) is 9.68. The van der Waals surface area contributed by atoms with Crippen LogP contribution in [0.3, 0.4) is 0 Å². The van der Waals surface area contributed by atoms with Crippen LogP contribution in [0.25, 0.3) is 34.0 Å². The largest absolute Gasteiger partial charge is 0.357 e. The molecule has 2 aromatic carbocycles. The van der Waals surface area contributed by atoms with Crippen LogP contribution in [0.2, 0.25) is 5.02 Å². The number of benzene rings is 2. The van der Waals surface area contributed by atoms with Gasteiger partial charge >= 0.3 is 0 Å². The second-order valence-corrected chi connectivity index (χ2v) is 6.98. The summed E-state index contributed by atoms with van der Waals surface area (Å²) in [7, 11) is 1.76. The molecule has 0 saturated heterocycles. The molecule has 0 unspecified atom stereocenters. The third-order valence-corrected chi connectivity index (χ3v) is 4.33. The number of anilines is 1. The minimum Gasteiger partial charge on any atom is -0.357 e. The van der Waals surface area contributed by atoms with E-state index in [2.05, 4.69) is 34.1 Å². The lowest BCUT2D eigenvalue weighted by atomic mass is 10.1. The summed E-state index contributed by atoms with van der Waals surface area (Å²) >= 11 is 5.99. The van der Waals surface area contributed by atoms with E-state index in [0.29, 0.717) is 28.2 Å². The number of hydrogen-bond acceptors (Lipinski definition) is 4. The molecule has 2 heterocycles. The molecular formula is C23H23ClFN5. The van der Waals surface area contributed by atoms with Crippen molar-refractivity contribution in [2.45, 2.75) is 20.3 Å². The van der Waals surface area contributed by atoms with E-state index in [1.165, 1.54) is 18.6 Å². The van der Waals surface area contributed by atoms with Crippen LogP contribution in [-0.2, 0) is 0 Å². The van der Waals surface area contributed by atoms with Crippen LogP contribution < -0.4 is 5.32 Å². The fraction of sp³-hybridized carbons (Fsp3) is 0.174. The standard InChI is InChI=1S/C20H15ClFN5.C3H8/c1-23-20-24-11-10-16(25-20)18-17(12-4-8-15(22)9-5-12)26-19(27-18)13-2-6-14(21)7-3-13;1-3-2/h2-11H,1H3,(H,26,27)(H,23,24,25);3H2,1-2H3. The second-order valence-electron chi connectivity index (χ2n) is 6.55. The zero-order valence-electron chi connectivity index (χ0n) is 17.1. The average molecular weight is 424 g/mol. The molecule has 0 bridgehead atoms. The van der Waals surface area contributed by atoms with Gasteiger partial charge in [0.25, 0.3) is 0 Å². The van der Waals surface area contributed by atoms with E-state index in [1.807, 2.05) is 12.1 Å². The smallest absolute Gasteiger partial charge is 0.222 e. The number of hydrogen-bond donors (Lipinski definition) is 2. The summed E-state index contributed by atoms with van der Waals surface area (Å²) in [5, 5.41) is 3.58. The van der Waals surface area contributed by atoms with Gasteiger partial charge in [0.15, 0.2) is 0 Å². The van der Waals surface area contributed by atoms with Gasteiger partial charge in [-0.05, 0) is 54.6 Å². The highest BCUT2D eigenvalue weighted by molar-refractivity contribution is 6.30. The average Bonchev–Trinajstić information content (AvgIpc) is 3.21. The normalized spacial score (nSPS) is 10.3. The molecule has 7 heteroatoms. The van der Waals surface area contributed by atoms with Crippen LogP contribution >= 0.6 is 11.6 Å². The molecule has 0 fully saturated rings. The van der Waals surface area contributed by atoms with Gasteiger partial charge in [-0.2, -0.15) is 0 Å². The fourth-order valence-electron chi connectivity index (χ4n) is 2.74. The molecular weight excluding hydrogens is 401 g/mol. The summed E-state index contributed by atoms with van der Waals surface area (Å²) in [4.78, 5) is 16.7. The summed E-state index contributed by atoms with van der Waals surface area (Å²) < 4.78 is 13.4. The summed E-state index contributed by atoms with van der Waals surface area (Å²) in [5.74, 6) is 0.874. The summed E-state index contributed by atoms with van der Waals surface area (Å²) in [6.07, 6.45) is 2.92. The van der Waals surface area contributed by atoms with E-state index in [1.54, 1.807) is 43.6 Å². The summed E-state index contributed by atoms with van der Waals surface area (Å²) in [6.45, 7) is 4.25. The Hall–Kier alpha value is -3.25. The molecule has 0 saturated carbocycles. The van der Waals surface area contributed by atoms with Gasteiger partial charge < -0.3 is 10.3 Å². The Balaban J connectivity index is 0.000000806. The maximum atomic E-state index is 13.4. The first kappa shape index (κ1) is 21.5. The van der Waals surface area contributed by atoms with Crippen molar-refractivity contribution in [2.24, 2.45) is 0 Å². The highest BCUT2D eigenvalue weighted by atomic mass is 35.5. The fourth-order valence-corrected chi connectivity index (χ4v) is 2.86. The van der Waals surface area contributed by atoms with Crippen molar-refractivity contribution in [1.82, 2.24) is 19.9 Å². The van der Waals surface area contributed by atoms with Crippen molar-refractivity contribution < 1.29 is 4.39 Å². The Morgan fingerprint density at radius 3 is 2.20 bits per heavy atom. The summed E-state index contributed by atoms with van der Waals surface area (Å²) in [6, 6.07) is 15.4. The number of aromatic amines is 1. The number of halogens is 2. The second kappa shape index (κ2) is 9.98. The van der Waals surface area contributed by atoms with E-state index in [0.717, 1.165) is 16.8 Å². The highest BCUT2D eigenvalue weighted by Gasteiger charge is 2.17.